The molecule has 0 aromatic heterocycles. The van der Waals surface area contributed by atoms with Crippen LogP contribution in [-0.4, -0.2) is 51.2 Å². The summed E-state index contributed by atoms with van der Waals surface area (Å²) < 4.78 is 10.7. The highest BCUT2D eigenvalue weighted by Gasteiger charge is 2.24. The molecule has 2 N–H and O–H groups in total. The van der Waals surface area contributed by atoms with Crippen molar-refractivity contribution in [1.29, 1.82) is 0 Å². The molecule has 2 aliphatic heterocycles. The number of amides is 1. The minimum absolute atomic E-state index is 0.107. The SMILES string of the molecule is CC(=O)c1cc2c(cc1NC(=O)C[NH+]1CCN(c3ccccc3)CC1)OCO2. The first-order valence-electron chi connectivity index (χ1n) is 9.48. The van der Waals surface area contributed by atoms with Gasteiger partial charge in [-0.15, -0.1) is 0 Å². The first-order valence-corrected chi connectivity index (χ1v) is 9.48. The van der Waals surface area contributed by atoms with Crippen LogP contribution in [0.4, 0.5) is 11.4 Å². The Morgan fingerprint density at radius 2 is 1.75 bits per heavy atom. The van der Waals surface area contributed by atoms with E-state index >= 15 is 0 Å². The molecule has 2 heterocycles. The Balaban J connectivity index is 1.36. The molecule has 2 aromatic carbocycles. The van der Waals surface area contributed by atoms with Gasteiger partial charge in [0.25, 0.3) is 5.91 Å². The predicted octanol–water partition coefficient (Wildman–Crippen LogP) is 0.961. The molecule has 7 nitrogen and oxygen atoms in total. The molecule has 146 valence electrons. The van der Waals surface area contributed by atoms with Gasteiger partial charge >= 0.3 is 0 Å². The third-order valence-electron chi connectivity index (χ3n) is 5.17. The molecule has 0 bridgehead atoms. The van der Waals surface area contributed by atoms with Crippen LogP contribution in [0, 0.1) is 0 Å². The Morgan fingerprint density at radius 3 is 2.43 bits per heavy atom. The van der Waals surface area contributed by atoms with Crippen LogP contribution in [0.5, 0.6) is 11.5 Å². The number of nitrogens with zero attached hydrogens (tertiary/aromatic N) is 1. The van der Waals surface area contributed by atoms with Crippen molar-refractivity contribution in [1.82, 2.24) is 0 Å². The van der Waals surface area contributed by atoms with E-state index < -0.39 is 0 Å². The number of Topliss-reactive ketones (excluding diaryl/α,β-unsaturated/α-hetero) is 1. The van der Waals surface area contributed by atoms with Gasteiger partial charge in [0.2, 0.25) is 6.79 Å². The van der Waals surface area contributed by atoms with E-state index in [0.717, 1.165) is 26.2 Å². The molecule has 2 aliphatic rings. The molecule has 0 atom stereocenters. The number of piperazine rings is 1. The molecule has 7 heteroatoms. The summed E-state index contributed by atoms with van der Waals surface area (Å²) >= 11 is 0. The quantitative estimate of drug-likeness (QED) is 0.754. The molecule has 1 amide bonds. The number of carbonyl (C=O) groups excluding carboxylic acids is 2. The standard InChI is InChI=1S/C21H23N3O4/c1-15(25)17-11-19-20(28-14-27-19)12-18(17)22-21(26)13-23-7-9-24(10-8-23)16-5-3-2-4-6-16/h2-6,11-12H,7-10,13-14H2,1H3,(H,22,26)/p+1. The van der Waals surface area contributed by atoms with Gasteiger partial charge in [-0.05, 0) is 25.1 Å². The normalized spacial score (nSPS) is 16.1. The number of carbonyl (C=O) groups is 2. The third-order valence-corrected chi connectivity index (χ3v) is 5.17. The highest BCUT2D eigenvalue weighted by Crippen LogP contribution is 2.37. The van der Waals surface area contributed by atoms with Gasteiger partial charge < -0.3 is 24.6 Å². The molecular formula is C21H24N3O4+. The first-order chi connectivity index (χ1) is 13.6. The van der Waals surface area contributed by atoms with Crippen LogP contribution in [0.1, 0.15) is 17.3 Å². The maximum absolute atomic E-state index is 12.6. The van der Waals surface area contributed by atoms with E-state index in [9.17, 15) is 9.59 Å². The van der Waals surface area contributed by atoms with Gasteiger partial charge in [0, 0.05) is 17.3 Å². The van der Waals surface area contributed by atoms with E-state index in [0.29, 0.717) is 29.3 Å². The van der Waals surface area contributed by atoms with Gasteiger partial charge in [0.15, 0.2) is 23.8 Å². The van der Waals surface area contributed by atoms with Crippen molar-refractivity contribution in [2.45, 2.75) is 6.92 Å². The van der Waals surface area contributed by atoms with E-state index in [4.69, 9.17) is 9.47 Å². The van der Waals surface area contributed by atoms with E-state index in [1.165, 1.54) is 17.5 Å². The molecule has 0 unspecified atom stereocenters. The number of ketones is 1. The van der Waals surface area contributed by atoms with Crippen LogP contribution in [0.25, 0.3) is 0 Å². The topological polar surface area (TPSA) is 72.3 Å². The lowest BCUT2D eigenvalue weighted by atomic mass is 10.1. The number of benzene rings is 2. The summed E-state index contributed by atoms with van der Waals surface area (Å²) in [7, 11) is 0. The minimum atomic E-state index is -0.127. The smallest absolute Gasteiger partial charge is 0.279 e. The predicted molar refractivity (Wildman–Crippen MR) is 105 cm³/mol. The van der Waals surface area contributed by atoms with E-state index in [1.54, 1.807) is 12.1 Å². The van der Waals surface area contributed by atoms with Gasteiger partial charge in [-0.1, -0.05) is 18.2 Å². The lowest BCUT2D eigenvalue weighted by Gasteiger charge is -2.33. The number of nitrogens with one attached hydrogen (secondary N) is 2. The number of rotatable bonds is 5. The summed E-state index contributed by atoms with van der Waals surface area (Å²) in [6, 6.07) is 13.6. The molecule has 0 spiro atoms. The average Bonchev–Trinajstić information content (AvgIpc) is 3.16. The van der Waals surface area contributed by atoms with Crippen LogP contribution in [-0.2, 0) is 4.79 Å². The summed E-state index contributed by atoms with van der Waals surface area (Å²) in [4.78, 5) is 28.1. The maximum atomic E-state index is 12.6. The fourth-order valence-corrected chi connectivity index (χ4v) is 3.65. The summed E-state index contributed by atoms with van der Waals surface area (Å²) in [6.45, 7) is 5.58. The summed E-state index contributed by atoms with van der Waals surface area (Å²) in [5, 5.41) is 2.88. The minimum Gasteiger partial charge on any atom is -0.454 e. The van der Waals surface area contributed by atoms with Gasteiger partial charge in [-0.3, -0.25) is 9.59 Å². The summed E-state index contributed by atoms with van der Waals surface area (Å²) in [6.07, 6.45) is 0. The highest BCUT2D eigenvalue weighted by atomic mass is 16.7. The van der Waals surface area contributed by atoms with Crippen LogP contribution < -0.4 is 24.6 Å². The molecule has 0 saturated carbocycles. The number of quaternary nitrogens is 1. The second-order valence-corrected chi connectivity index (χ2v) is 7.10. The summed E-state index contributed by atoms with van der Waals surface area (Å²) in [5.74, 6) is 0.844. The lowest BCUT2D eigenvalue weighted by Crippen LogP contribution is -3.15. The van der Waals surface area contributed by atoms with Crippen molar-refractivity contribution >= 4 is 23.1 Å². The second-order valence-electron chi connectivity index (χ2n) is 7.10. The highest BCUT2D eigenvalue weighted by molar-refractivity contribution is 6.04. The van der Waals surface area contributed by atoms with Crippen molar-refractivity contribution in [3.8, 4) is 11.5 Å². The Labute approximate surface area is 163 Å². The average molecular weight is 382 g/mol. The third kappa shape index (κ3) is 3.94. The fourth-order valence-electron chi connectivity index (χ4n) is 3.65. The van der Waals surface area contributed by atoms with E-state index in [-0.39, 0.29) is 18.5 Å². The Bertz CT molecular complexity index is 877. The Hall–Kier alpha value is -3.06. The number of fused-ring (bicyclic) bond motifs is 1. The molecule has 1 saturated heterocycles. The number of para-hydroxylation sites is 1. The molecule has 28 heavy (non-hydrogen) atoms. The zero-order chi connectivity index (χ0) is 19.5. The molecule has 0 radical (unpaired) electrons. The zero-order valence-corrected chi connectivity index (χ0v) is 15.9. The van der Waals surface area contributed by atoms with E-state index in [1.807, 2.05) is 18.2 Å². The largest absolute Gasteiger partial charge is 0.454 e. The van der Waals surface area contributed by atoms with Gasteiger partial charge in [-0.2, -0.15) is 0 Å². The van der Waals surface area contributed by atoms with Crippen LogP contribution in [0.2, 0.25) is 0 Å². The Morgan fingerprint density at radius 1 is 1.07 bits per heavy atom. The number of anilines is 2. The lowest BCUT2D eigenvalue weighted by molar-refractivity contribution is -0.892. The maximum Gasteiger partial charge on any atom is 0.279 e. The van der Waals surface area contributed by atoms with Gasteiger partial charge in [-0.25, -0.2) is 0 Å². The van der Waals surface area contributed by atoms with Crippen LogP contribution in [0.3, 0.4) is 0 Å². The van der Waals surface area contributed by atoms with Crippen LogP contribution in [0.15, 0.2) is 42.5 Å². The number of ether oxygens (including phenoxy) is 2. The van der Waals surface area contributed by atoms with Crippen molar-refractivity contribution < 1.29 is 24.0 Å². The number of hydrogen-bond donors (Lipinski definition) is 2. The molecule has 4 rings (SSSR count). The van der Waals surface area contributed by atoms with Crippen LogP contribution >= 0.6 is 0 Å². The summed E-state index contributed by atoms with van der Waals surface area (Å²) in [5.41, 5.74) is 2.13. The molecular weight excluding hydrogens is 358 g/mol. The fraction of sp³-hybridized carbons (Fsp3) is 0.333. The number of hydrogen-bond acceptors (Lipinski definition) is 5. The van der Waals surface area contributed by atoms with Crippen molar-refractivity contribution in [2.24, 2.45) is 0 Å². The molecule has 0 aliphatic carbocycles. The van der Waals surface area contributed by atoms with Gasteiger partial charge in [0.1, 0.15) is 0 Å². The van der Waals surface area contributed by atoms with Gasteiger partial charge in [0.05, 0.1) is 31.9 Å². The van der Waals surface area contributed by atoms with Crippen molar-refractivity contribution in [3.05, 3.63) is 48.0 Å². The molecule has 1 fully saturated rings. The second kappa shape index (κ2) is 7.90. The molecule has 2 aromatic rings. The Kier molecular flexibility index (Phi) is 5.16. The monoisotopic (exact) mass is 382 g/mol. The van der Waals surface area contributed by atoms with E-state index in [2.05, 4.69) is 22.3 Å². The van der Waals surface area contributed by atoms with Crippen molar-refractivity contribution in [2.75, 3.05) is 49.7 Å². The first kappa shape index (κ1) is 18.3. The zero-order valence-electron chi connectivity index (χ0n) is 15.9. The van der Waals surface area contributed by atoms with Crippen molar-refractivity contribution in [3.63, 3.8) is 0 Å².